The smallest absolute Gasteiger partial charge is 0.282 e. The van der Waals surface area contributed by atoms with Crippen molar-refractivity contribution in [3.05, 3.63) is 35.9 Å². The molecule has 0 spiro atoms. The lowest BCUT2D eigenvalue weighted by molar-refractivity contribution is 0.111. The Kier molecular flexibility index (Phi) is 5.26. The van der Waals surface area contributed by atoms with Gasteiger partial charge in [-0.05, 0) is 38.8 Å². The van der Waals surface area contributed by atoms with Gasteiger partial charge < -0.3 is 0 Å². The Hall–Kier alpha value is -0.950. The number of hydrogen-bond acceptors (Lipinski definition) is 3. The fourth-order valence-electron chi connectivity index (χ4n) is 4.74. The second kappa shape index (κ2) is 6.99. The quantitative estimate of drug-likeness (QED) is 0.827. The first-order chi connectivity index (χ1) is 11.8. The molecule has 2 heterocycles. The van der Waals surface area contributed by atoms with Crippen LogP contribution < -0.4 is 0 Å². The minimum Gasteiger partial charge on any atom is -0.294 e. The van der Waals surface area contributed by atoms with E-state index in [1.807, 2.05) is 6.07 Å². The number of likely N-dealkylation sites (tertiary alicyclic amines) is 1. The van der Waals surface area contributed by atoms with Crippen molar-refractivity contribution >= 4 is 10.2 Å². The van der Waals surface area contributed by atoms with Gasteiger partial charge >= 0.3 is 0 Å². The Bertz CT molecular complexity index is 692. The van der Waals surface area contributed by atoms with E-state index in [0.717, 1.165) is 25.7 Å². The van der Waals surface area contributed by atoms with Crippen LogP contribution in [0.25, 0.3) is 0 Å². The third-order valence-electron chi connectivity index (χ3n) is 6.14. The van der Waals surface area contributed by atoms with E-state index < -0.39 is 10.2 Å². The molecule has 3 rings (SSSR count). The van der Waals surface area contributed by atoms with E-state index in [1.54, 1.807) is 18.4 Å². The van der Waals surface area contributed by atoms with Crippen LogP contribution in [0.5, 0.6) is 0 Å². The van der Waals surface area contributed by atoms with E-state index in [1.165, 1.54) is 16.3 Å². The molecule has 6 heteroatoms. The van der Waals surface area contributed by atoms with Crippen molar-refractivity contribution in [3.63, 3.8) is 0 Å². The monoisotopic (exact) mass is 365 g/mol. The van der Waals surface area contributed by atoms with Gasteiger partial charge in [-0.3, -0.25) is 4.90 Å². The summed E-state index contributed by atoms with van der Waals surface area (Å²) < 4.78 is 29.3. The summed E-state index contributed by atoms with van der Waals surface area (Å²) in [6.07, 6.45) is 5.09. The van der Waals surface area contributed by atoms with Crippen LogP contribution in [0, 0.1) is 0 Å². The molecule has 0 bridgehead atoms. The predicted molar refractivity (Wildman–Crippen MR) is 102 cm³/mol. The standard InChI is InChI=1S/C19H31N3O2S/c1-19-15-17(16-11-7-5-8-12-16)21(4)18(19)13-9-6-10-14-22(19)25(23,24)20(2)3/h5,7-8,11-12,17-18H,6,9-10,13-15H2,1-4H3/t17-,18-,19-/m0/s1. The molecule has 0 radical (unpaired) electrons. The van der Waals surface area contributed by atoms with Crippen molar-refractivity contribution in [3.8, 4) is 0 Å². The van der Waals surface area contributed by atoms with Gasteiger partial charge in [0.25, 0.3) is 10.2 Å². The van der Waals surface area contributed by atoms with E-state index in [4.69, 9.17) is 0 Å². The molecule has 0 saturated carbocycles. The molecular formula is C19H31N3O2S. The molecule has 0 aromatic heterocycles. The number of rotatable bonds is 3. The van der Waals surface area contributed by atoms with Crippen LogP contribution >= 0.6 is 0 Å². The highest BCUT2D eigenvalue weighted by Gasteiger charge is 2.54. The van der Waals surface area contributed by atoms with Crippen molar-refractivity contribution in [1.29, 1.82) is 0 Å². The number of benzene rings is 1. The van der Waals surface area contributed by atoms with Gasteiger partial charge in [0, 0.05) is 32.7 Å². The molecule has 2 aliphatic rings. The van der Waals surface area contributed by atoms with Gasteiger partial charge in [-0.1, -0.05) is 43.2 Å². The van der Waals surface area contributed by atoms with E-state index in [0.29, 0.717) is 6.54 Å². The number of fused-ring (bicyclic) bond motifs is 1. The fraction of sp³-hybridized carbons (Fsp3) is 0.684. The molecule has 5 nitrogen and oxygen atoms in total. The molecule has 0 N–H and O–H groups in total. The number of nitrogens with zero attached hydrogens (tertiary/aromatic N) is 3. The maximum absolute atomic E-state index is 13.1. The summed E-state index contributed by atoms with van der Waals surface area (Å²) in [6, 6.07) is 11.0. The van der Waals surface area contributed by atoms with Crippen LogP contribution in [0.15, 0.2) is 30.3 Å². The first-order valence-corrected chi connectivity index (χ1v) is 10.7. The lowest BCUT2D eigenvalue weighted by atomic mass is 9.85. The van der Waals surface area contributed by atoms with Gasteiger partial charge in [0.1, 0.15) is 0 Å². The Morgan fingerprint density at radius 3 is 2.44 bits per heavy atom. The summed E-state index contributed by atoms with van der Waals surface area (Å²) in [5.74, 6) is 0. The minimum absolute atomic E-state index is 0.243. The topological polar surface area (TPSA) is 43.9 Å². The van der Waals surface area contributed by atoms with Crippen molar-refractivity contribution in [2.45, 2.75) is 56.7 Å². The summed E-state index contributed by atoms with van der Waals surface area (Å²) in [5.41, 5.74) is 0.902. The zero-order chi connectivity index (χ0) is 18.2. The molecule has 0 aliphatic carbocycles. The maximum Gasteiger partial charge on any atom is 0.282 e. The zero-order valence-corrected chi connectivity index (χ0v) is 16.7. The highest BCUT2D eigenvalue weighted by Crippen LogP contribution is 2.48. The molecule has 0 amide bonds. The Balaban J connectivity index is 2.03. The first kappa shape index (κ1) is 18.8. The second-order valence-electron chi connectivity index (χ2n) is 7.88. The third-order valence-corrected chi connectivity index (χ3v) is 8.22. The van der Waals surface area contributed by atoms with Gasteiger partial charge in [0.2, 0.25) is 0 Å². The van der Waals surface area contributed by atoms with Gasteiger partial charge in [-0.15, -0.1) is 0 Å². The number of hydrogen-bond donors (Lipinski definition) is 0. The molecule has 0 unspecified atom stereocenters. The molecule has 2 saturated heterocycles. The molecule has 2 aliphatic heterocycles. The van der Waals surface area contributed by atoms with Crippen molar-refractivity contribution < 1.29 is 8.42 Å². The summed E-state index contributed by atoms with van der Waals surface area (Å²) in [7, 11) is 2.00. The number of likely N-dealkylation sites (N-methyl/N-ethyl adjacent to an activating group) is 1. The molecule has 140 valence electrons. The summed E-state index contributed by atoms with van der Waals surface area (Å²) in [6.45, 7) is 2.77. The first-order valence-electron chi connectivity index (χ1n) is 9.25. The Labute approximate surface area is 152 Å². The van der Waals surface area contributed by atoms with E-state index in [9.17, 15) is 8.42 Å². The van der Waals surface area contributed by atoms with E-state index in [2.05, 4.69) is 43.1 Å². The summed E-state index contributed by atoms with van der Waals surface area (Å²) in [4.78, 5) is 2.42. The van der Waals surface area contributed by atoms with Gasteiger partial charge in [-0.2, -0.15) is 17.0 Å². The van der Waals surface area contributed by atoms with Crippen LogP contribution in [0.2, 0.25) is 0 Å². The summed E-state index contributed by atoms with van der Waals surface area (Å²) in [5, 5.41) is 0. The molecule has 25 heavy (non-hydrogen) atoms. The van der Waals surface area contributed by atoms with Crippen molar-refractivity contribution in [2.75, 3.05) is 27.7 Å². The average Bonchev–Trinajstić information content (AvgIpc) is 2.80. The lowest BCUT2D eigenvalue weighted by Crippen LogP contribution is -2.59. The Morgan fingerprint density at radius 1 is 1.12 bits per heavy atom. The van der Waals surface area contributed by atoms with Crippen molar-refractivity contribution in [1.82, 2.24) is 13.5 Å². The lowest BCUT2D eigenvalue weighted by Gasteiger charge is -2.44. The van der Waals surface area contributed by atoms with E-state index >= 15 is 0 Å². The van der Waals surface area contributed by atoms with Gasteiger partial charge in [-0.25, -0.2) is 0 Å². The van der Waals surface area contributed by atoms with Crippen molar-refractivity contribution in [2.24, 2.45) is 0 Å². The largest absolute Gasteiger partial charge is 0.294 e. The predicted octanol–water partition coefficient (Wildman–Crippen LogP) is 2.87. The Morgan fingerprint density at radius 2 is 1.80 bits per heavy atom. The van der Waals surface area contributed by atoms with Crippen LogP contribution in [-0.2, 0) is 10.2 Å². The molecule has 2 fully saturated rings. The van der Waals surface area contributed by atoms with Gasteiger partial charge in [0.15, 0.2) is 0 Å². The van der Waals surface area contributed by atoms with Gasteiger partial charge in [0.05, 0.1) is 5.54 Å². The normalized spacial score (nSPS) is 32.4. The highest BCUT2D eigenvalue weighted by molar-refractivity contribution is 7.86. The summed E-state index contributed by atoms with van der Waals surface area (Å²) >= 11 is 0. The maximum atomic E-state index is 13.1. The van der Waals surface area contributed by atoms with E-state index in [-0.39, 0.29) is 17.6 Å². The van der Waals surface area contributed by atoms with Crippen LogP contribution in [0.3, 0.4) is 0 Å². The third kappa shape index (κ3) is 3.25. The molecule has 3 atom stereocenters. The molecular weight excluding hydrogens is 334 g/mol. The zero-order valence-electron chi connectivity index (χ0n) is 15.9. The molecule has 1 aromatic carbocycles. The highest BCUT2D eigenvalue weighted by atomic mass is 32.2. The minimum atomic E-state index is -3.44. The average molecular weight is 366 g/mol. The second-order valence-corrected chi connectivity index (χ2v) is 9.95. The fourth-order valence-corrected chi connectivity index (χ4v) is 6.22. The SMILES string of the molecule is CN1[C@H]2CCCCCN(S(=O)(=O)N(C)C)[C@@]2(C)C[C@H]1c1ccccc1. The van der Waals surface area contributed by atoms with Crippen LogP contribution in [0.1, 0.15) is 50.6 Å². The van der Waals surface area contributed by atoms with Crippen LogP contribution in [-0.4, -0.2) is 61.2 Å². The van der Waals surface area contributed by atoms with Crippen LogP contribution in [0.4, 0.5) is 0 Å². The molecule has 1 aromatic rings.